The van der Waals surface area contributed by atoms with Crippen molar-refractivity contribution in [2.75, 3.05) is 20.3 Å². The van der Waals surface area contributed by atoms with Gasteiger partial charge in [0, 0.05) is 20.8 Å². The molecule has 1 amide bonds. The van der Waals surface area contributed by atoms with Crippen LogP contribution in [0.1, 0.15) is 10.4 Å². The monoisotopic (exact) mass is 515 g/mol. The maximum atomic E-state index is 12.1. The summed E-state index contributed by atoms with van der Waals surface area (Å²) in [6, 6.07) is 18.4. The van der Waals surface area contributed by atoms with Crippen molar-refractivity contribution in [3.8, 4) is 23.0 Å². The van der Waals surface area contributed by atoms with E-state index in [2.05, 4.69) is 43.2 Å². The third-order valence-corrected chi connectivity index (χ3v) is 5.03. The van der Waals surface area contributed by atoms with Gasteiger partial charge in [0.2, 0.25) is 5.88 Å². The summed E-state index contributed by atoms with van der Waals surface area (Å²) in [4.78, 5) is 12.1. The molecule has 0 saturated heterocycles. The summed E-state index contributed by atoms with van der Waals surface area (Å²) in [5.74, 6) is 1.58. The molecule has 2 aromatic heterocycles. The molecular formula is C21H18IN5O3. The number of carbonyl (C=O) groups excluding carboxylic acids is 1. The third kappa shape index (κ3) is 4.51. The zero-order chi connectivity index (χ0) is 20.9. The standard InChI is InChI=1S/C21H18IN5O3/c1-29-17-4-2-3-15(13-17)20-25-24-18-9-10-19(26-27(18)20)30-12-11-23-21(28)14-5-7-16(22)8-6-14/h2-10,13H,11-12H2,1H3,(H,23,28). The molecule has 0 unspecified atom stereocenters. The predicted molar refractivity (Wildman–Crippen MR) is 120 cm³/mol. The minimum atomic E-state index is -0.141. The Morgan fingerprint density at radius 3 is 2.73 bits per heavy atom. The molecular weight excluding hydrogens is 497 g/mol. The second kappa shape index (κ2) is 9.08. The number of nitrogens with one attached hydrogen (secondary N) is 1. The fourth-order valence-corrected chi connectivity index (χ4v) is 3.17. The Labute approximate surface area is 186 Å². The highest BCUT2D eigenvalue weighted by Crippen LogP contribution is 2.23. The summed E-state index contributed by atoms with van der Waals surface area (Å²) in [6.07, 6.45) is 0. The van der Waals surface area contributed by atoms with Gasteiger partial charge in [-0.25, -0.2) is 0 Å². The van der Waals surface area contributed by atoms with Crippen LogP contribution in [-0.4, -0.2) is 46.0 Å². The van der Waals surface area contributed by atoms with E-state index in [-0.39, 0.29) is 12.5 Å². The Bertz CT molecular complexity index is 1180. The molecule has 0 spiro atoms. The van der Waals surface area contributed by atoms with Crippen molar-refractivity contribution in [1.29, 1.82) is 0 Å². The smallest absolute Gasteiger partial charge is 0.251 e. The predicted octanol–water partition coefficient (Wildman–Crippen LogP) is 3.21. The number of carbonyl (C=O) groups is 1. The van der Waals surface area contributed by atoms with E-state index >= 15 is 0 Å². The van der Waals surface area contributed by atoms with Crippen molar-refractivity contribution in [3.63, 3.8) is 0 Å². The lowest BCUT2D eigenvalue weighted by Gasteiger charge is -2.08. The zero-order valence-corrected chi connectivity index (χ0v) is 18.2. The molecule has 0 aliphatic carbocycles. The van der Waals surface area contributed by atoms with Gasteiger partial charge in [-0.15, -0.1) is 15.3 Å². The highest BCUT2D eigenvalue weighted by Gasteiger charge is 2.11. The van der Waals surface area contributed by atoms with Gasteiger partial charge < -0.3 is 14.8 Å². The molecule has 2 heterocycles. The number of hydrogen-bond donors (Lipinski definition) is 1. The van der Waals surface area contributed by atoms with E-state index in [0.717, 1.165) is 14.9 Å². The van der Waals surface area contributed by atoms with E-state index in [1.54, 1.807) is 35.9 Å². The van der Waals surface area contributed by atoms with Crippen molar-refractivity contribution in [2.24, 2.45) is 0 Å². The first-order chi connectivity index (χ1) is 14.6. The quantitative estimate of drug-likeness (QED) is 0.301. The number of aromatic nitrogens is 4. The van der Waals surface area contributed by atoms with Crippen LogP contribution in [0.2, 0.25) is 0 Å². The average Bonchev–Trinajstić information content (AvgIpc) is 3.20. The Hall–Kier alpha value is -3.21. The molecule has 2 aromatic carbocycles. The number of rotatable bonds is 7. The Morgan fingerprint density at radius 2 is 1.93 bits per heavy atom. The maximum Gasteiger partial charge on any atom is 0.251 e. The second-order valence-electron chi connectivity index (χ2n) is 6.31. The third-order valence-electron chi connectivity index (χ3n) is 4.31. The highest BCUT2D eigenvalue weighted by molar-refractivity contribution is 14.1. The Balaban J connectivity index is 1.41. The van der Waals surface area contributed by atoms with Gasteiger partial charge in [-0.2, -0.15) is 4.52 Å². The van der Waals surface area contributed by atoms with E-state index in [4.69, 9.17) is 9.47 Å². The van der Waals surface area contributed by atoms with E-state index in [0.29, 0.717) is 29.5 Å². The molecule has 4 rings (SSSR count). The van der Waals surface area contributed by atoms with Crippen LogP contribution in [0, 0.1) is 3.57 Å². The van der Waals surface area contributed by atoms with Gasteiger partial charge in [0.1, 0.15) is 12.4 Å². The number of nitrogens with zero attached hydrogens (tertiary/aromatic N) is 4. The van der Waals surface area contributed by atoms with Crippen LogP contribution in [0.25, 0.3) is 17.0 Å². The van der Waals surface area contributed by atoms with Gasteiger partial charge in [0.05, 0.1) is 13.7 Å². The lowest BCUT2D eigenvalue weighted by atomic mass is 10.2. The largest absolute Gasteiger partial charge is 0.497 e. The molecule has 0 aliphatic rings. The zero-order valence-electron chi connectivity index (χ0n) is 16.1. The highest BCUT2D eigenvalue weighted by atomic mass is 127. The molecule has 0 radical (unpaired) electrons. The van der Waals surface area contributed by atoms with Gasteiger partial charge in [-0.1, -0.05) is 12.1 Å². The summed E-state index contributed by atoms with van der Waals surface area (Å²) in [5.41, 5.74) is 2.05. The Kier molecular flexibility index (Phi) is 6.07. The maximum absolute atomic E-state index is 12.1. The molecule has 0 atom stereocenters. The minimum absolute atomic E-state index is 0.141. The molecule has 0 saturated carbocycles. The average molecular weight is 515 g/mol. The molecule has 0 aliphatic heterocycles. The lowest BCUT2D eigenvalue weighted by Crippen LogP contribution is -2.28. The van der Waals surface area contributed by atoms with Crippen molar-refractivity contribution in [1.82, 2.24) is 25.1 Å². The SMILES string of the molecule is COc1cccc(-c2nnc3ccc(OCCNC(=O)c4ccc(I)cc4)nn23)c1. The normalized spacial score (nSPS) is 10.7. The van der Waals surface area contributed by atoms with Gasteiger partial charge in [0.25, 0.3) is 5.91 Å². The van der Waals surface area contributed by atoms with Crippen LogP contribution < -0.4 is 14.8 Å². The number of benzene rings is 2. The van der Waals surface area contributed by atoms with Crippen LogP contribution in [-0.2, 0) is 0 Å². The lowest BCUT2D eigenvalue weighted by molar-refractivity contribution is 0.0946. The summed E-state index contributed by atoms with van der Waals surface area (Å²) < 4.78 is 13.7. The molecule has 0 bridgehead atoms. The number of halogens is 1. The summed E-state index contributed by atoms with van der Waals surface area (Å²) in [5, 5.41) is 15.7. The molecule has 30 heavy (non-hydrogen) atoms. The molecule has 152 valence electrons. The van der Waals surface area contributed by atoms with Crippen LogP contribution >= 0.6 is 22.6 Å². The first-order valence-electron chi connectivity index (χ1n) is 9.17. The van der Waals surface area contributed by atoms with E-state index < -0.39 is 0 Å². The molecule has 0 fully saturated rings. The molecule has 9 heteroatoms. The van der Waals surface area contributed by atoms with Crippen molar-refractivity contribution < 1.29 is 14.3 Å². The number of ether oxygens (including phenoxy) is 2. The summed E-state index contributed by atoms with van der Waals surface area (Å²) in [6.45, 7) is 0.640. The first-order valence-corrected chi connectivity index (χ1v) is 10.3. The fourth-order valence-electron chi connectivity index (χ4n) is 2.81. The number of fused-ring (bicyclic) bond motifs is 1. The molecule has 4 aromatic rings. The van der Waals surface area contributed by atoms with E-state index in [1.165, 1.54) is 0 Å². The minimum Gasteiger partial charge on any atom is -0.497 e. The number of methoxy groups -OCH3 is 1. The van der Waals surface area contributed by atoms with Crippen LogP contribution in [0.5, 0.6) is 11.6 Å². The van der Waals surface area contributed by atoms with E-state index in [1.807, 2.05) is 36.4 Å². The van der Waals surface area contributed by atoms with Crippen LogP contribution in [0.3, 0.4) is 0 Å². The van der Waals surface area contributed by atoms with E-state index in [9.17, 15) is 4.79 Å². The van der Waals surface area contributed by atoms with Crippen molar-refractivity contribution in [3.05, 3.63) is 69.8 Å². The van der Waals surface area contributed by atoms with Crippen LogP contribution in [0.4, 0.5) is 0 Å². The van der Waals surface area contributed by atoms with Crippen molar-refractivity contribution in [2.45, 2.75) is 0 Å². The number of hydrogen-bond acceptors (Lipinski definition) is 6. The summed E-state index contributed by atoms with van der Waals surface area (Å²) in [7, 11) is 1.61. The summed E-state index contributed by atoms with van der Waals surface area (Å²) >= 11 is 2.20. The van der Waals surface area contributed by atoms with Gasteiger partial charge in [0.15, 0.2) is 11.5 Å². The fraction of sp³-hybridized carbons (Fsp3) is 0.143. The van der Waals surface area contributed by atoms with Gasteiger partial charge in [-0.05, 0) is 65.1 Å². The van der Waals surface area contributed by atoms with Gasteiger partial charge >= 0.3 is 0 Å². The number of amides is 1. The van der Waals surface area contributed by atoms with Crippen LogP contribution in [0.15, 0.2) is 60.7 Å². The van der Waals surface area contributed by atoms with Gasteiger partial charge in [-0.3, -0.25) is 4.79 Å². The molecule has 8 nitrogen and oxygen atoms in total. The Morgan fingerprint density at radius 1 is 1.10 bits per heavy atom. The van der Waals surface area contributed by atoms with Crippen molar-refractivity contribution >= 4 is 34.1 Å². The topological polar surface area (TPSA) is 90.6 Å². The molecule has 1 N–H and O–H groups in total. The second-order valence-corrected chi connectivity index (χ2v) is 7.55. The first kappa shape index (κ1) is 20.1.